The molecule has 0 spiro atoms. The summed E-state index contributed by atoms with van der Waals surface area (Å²) < 4.78 is 24.7. The highest BCUT2D eigenvalue weighted by atomic mass is 32.2. The van der Waals surface area contributed by atoms with E-state index in [9.17, 15) is 27.9 Å². The monoisotopic (exact) mass is 576 g/mol. The Hall–Kier alpha value is -4.78. The number of aromatic nitrogens is 3. The maximum absolute atomic E-state index is 13.0. The average molecular weight is 577 g/mol. The van der Waals surface area contributed by atoms with Crippen LogP contribution in [0.1, 0.15) is 21.6 Å². The number of fused-ring (bicyclic) bond motifs is 1. The number of rotatable bonds is 6. The Balaban J connectivity index is 1.37. The Labute approximate surface area is 235 Å². The van der Waals surface area contributed by atoms with Crippen molar-refractivity contribution in [2.75, 3.05) is 37.3 Å². The number of carbonyl (C=O) groups is 2. The van der Waals surface area contributed by atoms with Gasteiger partial charge in [0, 0.05) is 56.0 Å². The molecule has 0 aliphatic carbocycles. The van der Waals surface area contributed by atoms with Crippen molar-refractivity contribution in [1.29, 1.82) is 0 Å². The summed E-state index contributed by atoms with van der Waals surface area (Å²) in [6.07, 6.45) is 0.173. The van der Waals surface area contributed by atoms with Crippen molar-refractivity contribution < 1.29 is 23.1 Å². The maximum atomic E-state index is 13.0. The van der Waals surface area contributed by atoms with Gasteiger partial charge in [0.05, 0.1) is 16.3 Å². The number of hydrogen-bond acceptors (Lipinski definition) is 8. The van der Waals surface area contributed by atoms with Gasteiger partial charge in [-0.25, -0.2) is 18.2 Å². The Morgan fingerprint density at radius 1 is 0.927 bits per heavy atom. The molecule has 2 N–H and O–H groups in total. The van der Waals surface area contributed by atoms with Gasteiger partial charge in [0.25, 0.3) is 11.5 Å². The van der Waals surface area contributed by atoms with Crippen LogP contribution in [-0.4, -0.2) is 77.4 Å². The molecule has 212 valence electrons. The van der Waals surface area contributed by atoms with E-state index in [-0.39, 0.29) is 22.9 Å². The van der Waals surface area contributed by atoms with Crippen LogP contribution in [0.3, 0.4) is 0 Å². The predicted molar refractivity (Wildman–Crippen MR) is 152 cm³/mol. The molecule has 1 aliphatic heterocycles. The summed E-state index contributed by atoms with van der Waals surface area (Å²) in [6, 6.07) is 16.0. The lowest BCUT2D eigenvalue weighted by Gasteiger charge is -2.33. The molecule has 2 aromatic carbocycles. The average Bonchev–Trinajstić information content (AvgIpc) is 2.95. The van der Waals surface area contributed by atoms with Crippen molar-refractivity contribution in [1.82, 2.24) is 24.8 Å². The number of benzene rings is 2. The van der Waals surface area contributed by atoms with Gasteiger partial charge < -0.3 is 20.2 Å². The zero-order valence-corrected chi connectivity index (χ0v) is 23.3. The van der Waals surface area contributed by atoms with E-state index in [4.69, 9.17) is 4.98 Å². The molecule has 41 heavy (non-hydrogen) atoms. The first-order valence-electron chi connectivity index (χ1n) is 12.8. The summed E-state index contributed by atoms with van der Waals surface area (Å²) in [7, 11) is -3.30. The molecule has 0 bridgehead atoms. The summed E-state index contributed by atoms with van der Waals surface area (Å²) >= 11 is 0. The summed E-state index contributed by atoms with van der Waals surface area (Å²) in [5.41, 5.74) is 2.45. The number of carboxylic acid groups (broad SMARTS) is 1. The van der Waals surface area contributed by atoms with Gasteiger partial charge in [-0.05, 0) is 55.0 Å². The van der Waals surface area contributed by atoms with Crippen LogP contribution >= 0.6 is 0 Å². The van der Waals surface area contributed by atoms with Crippen LogP contribution in [-0.2, 0) is 16.4 Å². The normalized spacial score (nSPS) is 13.8. The Morgan fingerprint density at radius 3 is 2.20 bits per heavy atom. The minimum atomic E-state index is -3.30. The topological polar surface area (TPSA) is 155 Å². The third-order valence-electron chi connectivity index (χ3n) is 6.95. The number of hydrogen-bond donors (Lipinski definition) is 2. The lowest BCUT2D eigenvalue weighted by Crippen LogP contribution is -2.48. The summed E-state index contributed by atoms with van der Waals surface area (Å²) in [5.74, 6) is 0.0925. The van der Waals surface area contributed by atoms with Crippen molar-refractivity contribution >= 4 is 38.8 Å². The molecule has 1 aliphatic rings. The van der Waals surface area contributed by atoms with Crippen molar-refractivity contribution in [2.24, 2.45) is 0 Å². The number of sulfone groups is 1. The second kappa shape index (κ2) is 11.0. The van der Waals surface area contributed by atoms with E-state index in [1.807, 2.05) is 11.8 Å². The van der Waals surface area contributed by atoms with E-state index in [2.05, 4.69) is 10.3 Å². The highest BCUT2D eigenvalue weighted by Gasteiger charge is 2.23. The molecule has 0 radical (unpaired) electrons. The van der Waals surface area contributed by atoms with Gasteiger partial charge in [-0.3, -0.25) is 14.2 Å². The Bertz CT molecular complexity index is 1800. The molecular formula is C28H28N6O6S. The number of anilines is 1. The standard InChI is InChI=1S/C28H28N6O6S/c1-18-23-11-12-24(35)34(25(23)31-27(30-18)32-13-15-33(16-14-32)28(37)38)21-7-5-20(6-8-21)26(36)29-17-19-3-9-22(10-4-19)41(2,39)40/h3-12H,13-17H2,1-2H3,(H,29,36)(H,37,38). The smallest absolute Gasteiger partial charge is 0.407 e. The number of aryl methyl sites for hydroxylation is 1. The van der Waals surface area contributed by atoms with Gasteiger partial charge in [-0.15, -0.1) is 0 Å². The summed E-state index contributed by atoms with van der Waals surface area (Å²) in [5, 5.41) is 12.7. The first kappa shape index (κ1) is 27.8. The van der Waals surface area contributed by atoms with Crippen LogP contribution in [0.2, 0.25) is 0 Å². The summed E-state index contributed by atoms with van der Waals surface area (Å²) in [4.78, 5) is 49.8. The van der Waals surface area contributed by atoms with Crippen LogP contribution < -0.4 is 15.8 Å². The number of carbonyl (C=O) groups excluding carboxylic acids is 1. The van der Waals surface area contributed by atoms with Gasteiger partial charge in [0.1, 0.15) is 0 Å². The van der Waals surface area contributed by atoms with Gasteiger partial charge in [-0.2, -0.15) is 4.98 Å². The second-order valence-corrected chi connectivity index (χ2v) is 11.8. The minimum Gasteiger partial charge on any atom is -0.465 e. The van der Waals surface area contributed by atoms with Crippen LogP contribution in [0.15, 0.2) is 70.4 Å². The highest BCUT2D eigenvalue weighted by molar-refractivity contribution is 7.90. The SMILES string of the molecule is Cc1nc(N2CCN(C(=O)O)CC2)nc2c1ccc(=O)n2-c1ccc(C(=O)NCc2ccc(S(C)(=O)=O)cc2)cc1. The fourth-order valence-electron chi connectivity index (χ4n) is 4.64. The number of nitrogens with zero attached hydrogens (tertiary/aromatic N) is 5. The first-order chi connectivity index (χ1) is 19.5. The predicted octanol–water partition coefficient (Wildman–Crippen LogP) is 2.22. The third-order valence-corrected chi connectivity index (χ3v) is 8.08. The van der Waals surface area contributed by atoms with E-state index in [1.54, 1.807) is 42.5 Å². The van der Waals surface area contributed by atoms with E-state index in [0.29, 0.717) is 60.1 Å². The Morgan fingerprint density at radius 2 is 1.59 bits per heavy atom. The lowest BCUT2D eigenvalue weighted by atomic mass is 10.1. The highest BCUT2D eigenvalue weighted by Crippen LogP contribution is 2.22. The zero-order valence-electron chi connectivity index (χ0n) is 22.4. The largest absolute Gasteiger partial charge is 0.465 e. The Kier molecular flexibility index (Phi) is 7.45. The van der Waals surface area contributed by atoms with Gasteiger partial charge >= 0.3 is 6.09 Å². The van der Waals surface area contributed by atoms with Gasteiger partial charge in [0.15, 0.2) is 15.5 Å². The molecule has 4 aromatic rings. The molecule has 2 aromatic heterocycles. The van der Waals surface area contributed by atoms with E-state index < -0.39 is 15.9 Å². The molecule has 1 fully saturated rings. The van der Waals surface area contributed by atoms with E-state index in [1.165, 1.54) is 27.7 Å². The molecule has 2 amide bonds. The van der Waals surface area contributed by atoms with Crippen molar-refractivity contribution in [2.45, 2.75) is 18.4 Å². The molecule has 3 heterocycles. The molecule has 5 rings (SSSR count). The first-order valence-corrected chi connectivity index (χ1v) is 14.7. The summed E-state index contributed by atoms with van der Waals surface area (Å²) in [6.45, 7) is 3.56. The van der Waals surface area contributed by atoms with Crippen molar-refractivity contribution in [3.8, 4) is 5.69 Å². The number of nitrogens with one attached hydrogen (secondary N) is 1. The molecule has 0 saturated carbocycles. The lowest BCUT2D eigenvalue weighted by molar-refractivity contribution is 0.0950. The van der Waals surface area contributed by atoms with Crippen LogP contribution in [0.5, 0.6) is 0 Å². The van der Waals surface area contributed by atoms with Gasteiger partial charge in [-0.1, -0.05) is 12.1 Å². The minimum absolute atomic E-state index is 0.209. The zero-order chi connectivity index (χ0) is 29.3. The molecular weight excluding hydrogens is 548 g/mol. The van der Waals surface area contributed by atoms with Gasteiger partial charge in [0.2, 0.25) is 5.95 Å². The van der Waals surface area contributed by atoms with Crippen molar-refractivity contribution in [3.63, 3.8) is 0 Å². The number of pyridine rings is 1. The molecule has 12 nitrogen and oxygen atoms in total. The molecule has 0 atom stereocenters. The quantitative estimate of drug-likeness (QED) is 0.352. The van der Waals surface area contributed by atoms with Crippen LogP contribution in [0, 0.1) is 6.92 Å². The van der Waals surface area contributed by atoms with Crippen LogP contribution in [0.4, 0.5) is 10.7 Å². The number of piperazine rings is 1. The number of amides is 2. The third kappa shape index (κ3) is 5.89. The van der Waals surface area contributed by atoms with Crippen LogP contribution in [0.25, 0.3) is 16.7 Å². The molecule has 1 saturated heterocycles. The van der Waals surface area contributed by atoms with E-state index >= 15 is 0 Å². The molecule has 13 heteroatoms. The second-order valence-electron chi connectivity index (χ2n) is 9.76. The fourth-order valence-corrected chi connectivity index (χ4v) is 5.27. The van der Waals surface area contributed by atoms with Crippen molar-refractivity contribution in [3.05, 3.63) is 87.8 Å². The maximum Gasteiger partial charge on any atom is 0.407 e. The molecule has 0 unspecified atom stereocenters. The van der Waals surface area contributed by atoms with E-state index in [0.717, 1.165) is 11.8 Å². The fraction of sp³-hybridized carbons (Fsp3) is 0.250.